The maximum atomic E-state index is 12.8. The number of nitrogens with one attached hydrogen (secondary N) is 2. The molecule has 1 heterocycles. The normalized spacial score (nSPS) is 18.4. The summed E-state index contributed by atoms with van der Waals surface area (Å²) in [6.45, 7) is -0.235. The summed E-state index contributed by atoms with van der Waals surface area (Å²) in [5.74, 6) is -1.21. The molecule has 3 rings (SSSR count). The van der Waals surface area contributed by atoms with E-state index in [-0.39, 0.29) is 24.4 Å². The Bertz CT molecular complexity index is 1020. The van der Waals surface area contributed by atoms with E-state index in [2.05, 4.69) is 10.6 Å². The van der Waals surface area contributed by atoms with Gasteiger partial charge in [-0.3, -0.25) is 14.5 Å². The van der Waals surface area contributed by atoms with Crippen molar-refractivity contribution in [3.05, 3.63) is 18.2 Å². The van der Waals surface area contributed by atoms with Gasteiger partial charge in [-0.15, -0.1) is 0 Å². The number of methoxy groups -OCH3 is 1. The second-order valence-electron chi connectivity index (χ2n) is 7.29. The summed E-state index contributed by atoms with van der Waals surface area (Å²) in [5.41, 5.74) is -6.72. The Balaban J connectivity index is 1.71. The minimum atomic E-state index is -5.63. The first-order valence-electron chi connectivity index (χ1n) is 9.35. The topological polar surface area (TPSA) is 122 Å². The molecule has 1 spiro atoms. The van der Waals surface area contributed by atoms with Crippen LogP contribution >= 0.6 is 0 Å². The zero-order chi connectivity index (χ0) is 23.0. The van der Waals surface area contributed by atoms with Crippen molar-refractivity contribution >= 4 is 33.4 Å². The third kappa shape index (κ3) is 4.18. The molecule has 1 aliphatic heterocycles. The molecule has 0 aromatic heterocycles. The monoisotopic (exact) mass is 463 g/mol. The first-order valence-corrected chi connectivity index (χ1v) is 10.8. The van der Waals surface area contributed by atoms with E-state index < -0.39 is 43.6 Å². The number of rotatable bonds is 6. The molecule has 1 aromatic rings. The number of ether oxygens (including phenoxy) is 1. The van der Waals surface area contributed by atoms with Crippen molar-refractivity contribution in [1.82, 2.24) is 10.2 Å². The maximum Gasteiger partial charge on any atom is 0.501 e. The zero-order valence-corrected chi connectivity index (χ0v) is 17.2. The lowest BCUT2D eigenvalue weighted by Crippen LogP contribution is -2.44. The molecule has 9 nitrogen and oxygen atoms in total. The van der Waals surface area contributed by atoms with Crippen LogP contribution in [0.1, 0.15) is 32.1 Å². The summed E-state index contributed by atoms with van der Waals surface area (Å²) in [7, 11) is -4.43. The summed E-state index contributed by atoms with van der Waals surface area (Å²) in [6.07, 6.45) is 2.32. The number of hydrogen-bond donors (Lipinski definition) is 2. The van der Waals surface area contributed by atoms with Crippen molar-refractivity contribution in [2.75, 3.05) is 19.0 Å². The highest BCUT2D eigenvalue weighted by Gasteiger charge is 2.52. The van der Waals surface area contributed by atoms with Crippen LogP contribution in [0, 0.1) is 0 Å². The molecule has 1 aliphatic carbocycles. The minimum Gasteiger partial charge on any atom is -0.495 e. The average Bonchev–Trinajstić information content (AvgIpc) is 3.24. The van der Waals surface area contributed by atoms with Crippen molar-refractivity contribution in [1.29, 1.82) is 0 Å². The number of benzene rings is 1. The highest BCUT2D eigenvalue weighted by atomic mass is 32.2. The number of imide groups is 1. The van der Waals surface area contributed by atoms with Crippen molar-refractivity contribution in [2.24, 2.45) is 0 Å². The molecule has 2 aliphatic rings. The van der Waals surface area contributed by atoms with Gasteiger partial charge in [0.2, 0.25) is 5.91 Å². The van der Waals surface area contributed by atoms with Gasteiger partial charge in [-0.2, -0.15) is 13.2 Å². The quantitative estimate of drug-likeness (QED) is 0.624. The highest BCUT2D eigenvalue weighted by Crippen LogP contribution is 2.36. The molecule has 0 bridgehead atoms. The summed E-state index contributed by atoms with van der Waals surface area (Å²) in [4.78, 5) is 36.9. The molecule has 0 radical (unpaired) electrons. The van der Waals surface area contributed by atoms with Crippen molar-refractivity contribution in [2.45, 2.75) is 48.0 Å². The molecule has 170 valence electrons. The number of sulfone groups is 1. The molecular formula is C18H20F3N3O6S. The number of urea groups is 1. The Morgan fingerprint density at radius 1 is 1.26 bits per heavy atom. The number of nitrogens with zero attached hydrogens (tertiary/aromatic N) is 1. The number of alkyl halides is 3. The largest absolute Gasteiger partial charge is 0.501 e. The number of anilines is 1. The lowest BCUT2D eigenvalue weighted by atomic mass is 9.98. The number of carbonyl (C=O) groups excluding carboxylic acids is 3. The van der Waals surface area contributed by atoms with Gasteiger partial charge in [-0.25, -0.2) is 13.2 Å². The highest BCUT2D eigenvalue weighted by molar-refractivity contribution is 7.92. The van der Waals surface area contributed by atoms with Gasteiger partial charge >= 0.3 is 11.5 Å². The van der Waals surface area contributed by atoms with Gasteiger partial charge < -0.3 is 15.4 Å². The Morgan fingerprint density at radius 3 is 2.48 bits per heavy atom. The molecular weight excluding hydrogens is 443 g/mol. The lowest BCUT2D eigenvalue weighted by molar-refractivity contribution is -0.131. The van der Waals surface area contributed by atoms with Gasteiger partial charge in [0.25, 0.3) is 15.7 Å². The number of amides is 4. The molecule has 4 amide bonds. The van der Waals surface area contributed by atoms with E-state index in [9.17, 15) is 36.0 Å². The van der Waals surface area contributed by atoms with Gasteiger partial charge in [0, 0.05) is 13.0 Å². The zero-order valence-electron chi connectivity index (χ0n) is 16.4. The third-order valence-corrected chi connectivity index (χ3v) is 6.81. The van der Waals surface area contributed by atoms with E-state index >= 15 is 0 Å². The van der Waals surface area contributed by atoms with E-state index in [4.69, 9.17) is 4.74 Å². The SMILES string of the molecule is COc1ccc(S(=O)(=O)C(F)(F)F)cc1NC(=O)CCN1C(=O)NC2(CCCC2)C1=O. The van der Waals surface area contributed by atoms with Gasteiger partial charge in [0.05, 0.1) is 17.7 Å². The summed E-state index contributed by atoms with van der Waals surface area (Å²) in [5, 5.41) is 4.95. The van der Waals surface area contributed by atoms with Crippen LogP contribution in [0.3, 0.4) is 0 Å². The standard InChI is InChI=1S/C18H20F3N3O6S/c1-30-13-5-4-11(31(28,29)18(19,20)21)10-12(13)22-14(25)6-9-24-15(26)17(23-16(24)27)7-2-3-8-17/h4-5,10H,2-3,6-9H2,1H3,(H,22,25)(H,23,27). The minimum absolute atomic E-state index is 0.0608. The smallest absolute Gasteiger partial charge is 0.495 e. The van der Waals surface area contributed by atoms with E-state index in [1.54, 1.807) is 0 Å². The van der Waals surface area contributed by atoms with Crippen LogP contribution in [0.5, 0.6) is 5.75 Å². The predicted molar refractivity (Wildman–Crippen MR) is 101 cm³/mol. The van der Waals surface area contributed by atoms with Crippen LogP contribution in [-0.2, 0) is 19.4 Å². The lowest BCUT2D eigenvalue weighted by Gasteiger charge is -2.20. The average molecular weight is 463 g/mol. The van der Waals surface area contributed by atoms with Crippen LogP contribution in [0.25, 0.3) is 0 Å². The van der Waals surface area contributed by atoms with Gasteiger partial charge in [-0.05, 0) is 31.0 Å². The van der Waals surface area contributed by atoms with E-state index in [0.29, 0.717) is 25.0 Å². The first-order chi connectivity index (χ1) is 14.4. The molecule has 2 N–H and O–H groups in total. The molecule has 2 fully saturated rings. The van der Waals surface area contributed by atoms with Gasteiger partial charge in [0.15, 0.2) is 0 Å². The second kappa shape index (κ2) is 8.02. The Morgan fingerprint density at radius 2 is 1.90 bits per heavy atom. The molecule has 1 aromatic carbocycles. The molecule has 31 heavy (non-hydrogen) atoms. The summed E-state index contributed by atoms with van der Waals surface area (Å²) < 4.78 is 66.6. The molecule has 13 heteroatoms. The fourth-order valence-corrected chi connectivity index (χ4v) is 4.50. The van der Waals surface area contributed by atoms with E-state index in [0.717, 1.165) is 23.8 Å². The molecule has 0 atom stereocenters. The summed E-state index contributed by atoms with van der Waals surface area (Å²) in [6, 6.07) is 1.73. The van der Waals surface area contributed by atoms with Crippen molar-refractivity contribution < 1.29 is 40.7 Å². The van der Waals surface area contributed by atoms with Crippen LogP contribution in [-0.4, -0.2) is 55.9 Å². The Hall–Kier alpha value is -2.83. The second-order valence-corrected chi connectivity index (χ2v) is 9.23. The fourth-order valence-electron chi connectivity index (χ4n) is 3.71. The molecule has 1 saturated heterocycles. The van der Waals surface area contributed by atoms with Crippen LogP contribution in [0.4, 0.5) is 23.7 Å². The van der Waals surface area contributed by atoms with Gasteiger partial charge in [-0.1, -0.05) is 12.8 Å². The van der Waals surface area contributed by atoms with Crippen LogP contribution in [0.2, 0.25) is 0 Å². The molecule has 0 unspecified atom stereocenters. The van der Waals surface area contributed by atoms with Crippen LogP contribution in [0.15, 0.2) is 23.1 Å². The van der Waals surface area contributed by atoms with E-state index in [1.807, 2.05) is 0 Å². The predicted octanol–water partition coefficient (Wildman–Crippen LogP) is 2.18. The Kier molecular flexibility index (Phi) is 5.91. The van der Waals surface area contributed by atoms with Crippen molar-refractivity contribution in [3.8, 4) is 5.75 Å². The fraction of sp³-hybridized carbons (Fsp3) is 0.500. The van der Waals surface area contributed by atoms with E-state index in [1.165, 1.54) is 7.11 Å². The number of halogens is 3. The Labute approximate surface area is 175 Å². The maximum absolute atomic E-state index is 12.8. The third-order valence-electron chi connectivity index (χ3n) is 5.33. The van der Waals surface area contributed by atoms with Gasteiger partial charge in [0.1, 0.15) is 11.3 Å². The first kappa shape index (κ1) is 22.8. The summed E-state index contributed by atoms with van der Waals surface area (Å²) >= 11 is 0. The molecule has 1 saturated carbocycles. The number of hydrogen-bond acceptors (Lipinski definition) is 6. The van der Waals surface area contributed by atoms with Crippen molar-refractivity contribution in [3.63, 3.8) is 0 Å². The van der Waals surface area contributed by atoms with Crippen LogP contribution < -0.4 is 15.4 Å². The number of carbonyl (C=O) groups is 3.